The molecule has 4 rings (SSSR count). The second kappa shape index (κ2) is 11.1. The van der Waals surface area contributed by atoms with Crippen molar-refractivity contribution in [2.45, 2.75) is 6.92 Å². The van der Waals surface area contributed by atoms with E-state index in [0.29, 0.717) is 34.3 Å². The van der Waals surface area contributed by atoms with Crippen LogP contribution in [0.1, 0.15) is 22.8 Å². The van der Waals surface area contributed by atoms with Gasteiger partial charge < -0.3 is 14.8 Å². The van der Waals surface area contributed by atoms with Gasteiger partial charge in [0.2, 0.25) is 0 Å². The molecule has 0 saturated carbocycles. The van der Waals surface area contributed by atoms with Crippen LogP contribution in [-0.4, -0.2) is 23.9 Å². The number of anilines is 1. The average molecular weight is 470 g/mol. The van der Waals surface area contributed by atoms with Crippen molar-refractivity contribution in [1.82, 2.24) is 5.43 Å². The van der Waals surface area contributed by atoms with Crippen LogP contribution in [0.5, 0.6) is 11.5 Å². The number of carbonyl (C=O) groups is 1. The van der Waals surface area contributed by atoms with E-state index < -0.39 is 5.97 Å². The number of ether oxygens (including phenoxy) is 2. The summed E-state index contributed by atoms with van der Waals surface area (Å²) < 4.78 is 11.2. The molecule has 0 fully saturated rings. The molecule has 4 aromatic rings. The van der Waals surface area contributed by atoms with Gasteiger partial charge in [0.05, 0.1) is 18.4 Å². The Hall–Kier alpha value is -4.23. The molecule has 0 atom stereocenters. The molecule has 7 heteroatoms. The van der Waals surface area contributed by atoms with Gasteiger partial charge in [0.15, 0.2) is 5.11 Å². The van der Waals surface area contributed by atoms with E-state index in [-0.39, 0.29) is 0 Å². The van der Waals surface area contributed by atoms with Crippen molar-refractivity contribution in [3.8, 4) is 11.5 Å². The van der Waals surface area contributed by atoms with Crippen molar-refractivity contribution in [3.05, 3.63) is 102 Å². The van der Waals surface area contributed by atoms with Gasteiger partial charge in [0.25, 0.3) is 0 Å². The van der Waals surface area contributed by atoms with Crippen LogP contribution in [0.25, 0.3) is 10.8 Å². The van der Waals surface area contributed by atoms with Crippen molar-refractivity contribution in [2.24, 2.45) is 5.10 Å². The molecule has 4 aromatic carbocycles. The number of hydrogen-bond acceptors (Lipinski definition) is 5. The summed E-state index contributed by atoms with van der Waals surface area (Å²) in [6, 6.07) is 27.9. The topological polar surface area (TPSA) is 72.0 Å². The summed E-state index contributed by atoms with van der Waals surface area (Å²) >= 11 is 5.31. The van der Waals surface area contributed by atoms with E-state index in [1.54, 1.807) is 36.5 Å². The lowest BCUT2D eigenvalue weighted by atomic mass is 10.0. The van der Waals surface area contributed by atoms with Gasteiger partial charge in [-0.2, -0.15) is 5.10 Å². The fourth-order valence-electron chi connectivity index (χ4n) is 3.35. The number of fused-ring (bicyclic) bond motifs is 1. The molecular formula is C27H23N3O3S. The van der Waals surface area contributed by atoms with Crippen LogP contribution in [0, 0.1) is 0 Å². The maximum absolute atomic E-state index is 12.8. The number of hydrazone groups is 1. The second-order valence-electron chi connectivity index (χ2n) is 7.24. The summed E-state index contributed by atoms with van der Waals surface area (Å²) in [7, 11) is 0. The Morgan fingerprint density at radius 3 is 2.44 bits per heavy atom. The Bertz CT molecular complexity index is 1320. The van der Waals surface area contributed by atoms with E-state index in [1.807, 2.05) is 67.6 Å². The first kappa shape index (κ1) is 22.9. The molecule has 0 spiro atoms. The molecule has 0 aliphatic carbocycles. The molecule has 34 heavy (non-hydrogen) atoms. The Kier molecular flexibility index (Phi) is 7.47. The first-order valence-electron chi connectivity index (χ1n) is 10.8. The van der Waals surface area contributed by atoms with Gasteiger partial charge in [0.1, 0.15) is 11.5 Å². The monoisotopic (exact) mass is 469 g/mol. The van der Waals surface area contributed by atoms with Gasteiger partial charge in [-0.15, -0.1) is 0 Å². The van der Waals surface area contributed by atoms with Gasteiger partial charge in [-0.3, -0.25) is 5.43 Å². The molecule has 170 valence electrons. The summed E-state index contributed by atoms with van der Waals surface area (Å²) in [5.74, 6) is 0.621. The standard InChI is InChI=1S/C27H23N3O3S/c1-2-32-22-15-12-20(13-16-22)26(31)33-25-17-14-19-8-6-7-11-23(19)24(25)18-28-30-27(34)29-21-9-4-3-5-10-21/h3-18H,2H2,1H3,(H2,29,30,34)/b28-18+. The lowest BCUT2D eigenvalue weighted by molar-refractivity contribution is 0.0734. The molecule has 0 bridgehead atoms. The number of carbonyl (C=O) groups excluding carboxylic acids is 1. The Morgan fingerprint density at radius 2 is 1.68 bits per heavy atom. The zero-order valence-corrected chi connectivity index (χ0v) is 19.3. The molecule has 0 unspecified atom stereocenters. The van der Waals surface area contributed by atoms with Crippen molar-refractivity contribution in [3.63, 3.8) is 0 Å². The summed E-state index contributed by atoms with van der Waals surface area (Å²) in [6.45, 7) is 2.46. The highest BCUT2D eigenvalue weighted by Gasteiger charge is 2.14. The lowest BCUT2D eigenvalue weighted by Gasteiger charge is -2.11. The predicted octanol–water partition coefficient (Wildman–Crippen LogP) is 5.78. The Labute approximate surface area is 203 Å². The first-order valence-corrected chi connectivity index (χ1v) is 11.2. The fourth-order valence-corrected chi connectivity index (χ4v) is 3.52. The van der Waals surface area contributed by atoms with Crippen LogP contribution in [0.3, 0.4) is 0 Å². The van der Waals surface area contributed by atoms with Gasteiger partial charge >= 0.3 is 5.97 Å². The summed E-state index contributed by atoms with van der Waals surface area (Å²) in [5, 5.41) is 9.57. The normalized spacial score (nSPS) is 10.7. The number of thiocarbonyl (C=S) groups is 1. The quantitative estimate of drug-likeness (QED) is 0.118. The second-order valence-corrected chi connectivity index (χ2v) is 7.64. The van der Waals surface area contributed by atoms with E-state index in [4.69, 9.17) is 21.7 Å². The van der Waals surface area contributed by atoms with Gasteiger partial charge in [-0.05, 0) is 72.4 Å². The molecule has 0 amide bonds. The minimum atomic E-state index is -0.470. The van der Waals surface area contributed by atoms with Crippen LogP contribution in [0.2, 0.25) is 0 Å². The Balaban J connectivity index is 1.54. The average Bonchev–Trinajstić information content (AvgIpc) is 2.86. The Morgan fingerprint density at radius 1 is 0.941 bits per heavy atom. The van der Waals surface area contributed by atoms with Gasteiger partial charge in [-0.1, -0.05) is 48.5 Å². The minimum absolute atomic E-state index is 0.343. The first-order chi connectivity index (χ1) is 16.6. The zero-order valence-electron chi connectivity index (χ0n) is 18.5. The smallest absolute Gasteiger partial charge is 0.343 e. The SMILES string of the molecule is CCOc1ccc(C(=O)Oc2ccc3ccccc3c2/C=N/NC(=S)Nc2ccccc2)cc1. The van der Waals surface area contributed by atoms with E-state index in [0.717, 1.165) is 16.5 Å². The molecule has 0 aromatic heterocycles. The predicted molar refractivity (Wildman–Crippen MR) is 140 cm³/mol. The minimum Gasteiger partial charge on any atom is -0.494 e. The van der Waals surface area contributed by atoms with E-state index in [9.17, 15) is 4.79 Å². The van der Waals surface area contributed by atoms with Gasteiger partial charge in [0, 0.05) is 11.3 Å². The third-order valence-corrected chi connectivity index (χ3v) is 5.12. The third-order valence-electron chi connectivity index (χ3n) is 4.93. The summed E-state index contributed by atoms with van der Waals surface area (Å²) in [4.78, 5) is 12.8. The van der Waals surface area contributed by atoms with Crippen molar-refractivity contribution < 1.29 is 14.3 Å². The van der Waals surface area contributed by atoms with E-state index in [2.05, 4.69) is 15.8 Å². The molecule has 0 aliphatic rings. The van der Waals surface area contributed by atoms with Crippen molar-refractivity contribution >= 4 is 46.0 Å². The summed E-state index contributed by atoms with van der Waals surface area (Å²) in [5.41, 5.74) is 4.74. The van der Waals surface area contributed by atoms with Crippen LogP contribution >= 0.6 is 12.2 Å². The van der Waals surface area contributed by atoms with Crippen LogP contribution in [0.15, 0.2) is 96.1 Å². The molecule has 2 N–H and O–H groups in total. The van der Waals surface area contributed by atoms with Crippen molar-refractivity contribution in [2.75, 3.05) is 11.9 Å². The number of rotatable bonds is 7. The highest BCUT2D eigenvalue weighted by molar-refractivity contribution is 7.80. The number of nitrogens with zero attached hydrogens (tertiary/aromatic N) is 1. The third kappa shape index (κ3) is 5.76. The van der Waals surface area contributed by atoms with Crippen molar-refractivity contribution in [1.29, 1.82) is 0 Å². The van der Waals surface area contributed by atoms with Gasteiger partial charge in [-0.25, -0.2) is 4.79 Å². The molecule has 0 heterocycles. The maximum Gasteiger partial charge on any atom is 0.343 e. The molecule has 0 saturated heterocycles. The highest BCUT2D eigenvalue weighted by Crippen LogP contribution is 2.27. The lowest BCUT2D eigenvalue weighted by Crippen LogP contribution is -2.23. The summed E-state index contributed by atoms with van der Waals surface area (Å²) in [6.07, 6.45) is 1.60. The van der Waals surface area contributed by atoms with E-state index in [1.165, 1.54) is 0 Å². The highest BCUT2D eigenvalue weighted by atomic mass is 32.1. The number of para-hydroxylation sites is 1. The number of nitrogens with one attached hydrogen (secondary N) is 2. The maximum atomic E-state index is 12.8. The molecule has 0 aliphatic heterocycles. The molecular weight excluding hydrogens is 446 g/mol. The largest absolute Gasteiger partial charge is 0.494 e. The zero-order chi connectivity index (χ0) is 23.8. The fraction of sp³-hybridized carbons (Fsp3) is 0.0741. The number of hydrogen-bond donors (Lipinski definition) is 2. The molecule has 6 nitrogen and oxygen atoms in total. The van der Waals surface area contributed by atoms with E-state index >= 15 is 0 Å². The number of esters is 1. The van der Waals surface area contributed by atoms with Crippen LogP contribution < -0.4 is 20.2 Å². The van der Waals surface area contributed by atoms with Crippen LogP contribution in [-0.2, 0) is 0 Å². The van der Waals surface area contributed by atoms with Crippen LogP contribution in [0.4, 0.5) is 5.69 Å². The number of benzene rings is 4. The molecule has 0 radical (unpaired) electrons.